The molecule has 3 rings (SSSR count). The van der Waals surface area contributed by atoms with Crippen molar-refractivity contribution in [2.24, 2.45) is 0 Å². The Hall–Kier alpha value is -0.820. The molecule has 0 saturated carbocycles. The van der Waals surface area contributed by atoms with Gasteiger partial charge in [0.1, 0.15) is 28.0 Å². The molecule has 1 spiro atoms. The first-order valence-electron chi connectivity index (χ1n) is 7.69. The van der Waals surface area contributed by atoms with Crippen molar-refractivity contribution in [1.82, 2.24) is 10.0 Å². The minimum Gasteiger partial charge on any atom is -0.598 e. The molecule has 2 aliphatic rings. The molecule has 1 unspecified atom stereocenters. The molecule has 0 aromatic heterocycles. The van der Waals surface area contributed by atoms with Gasteiger partial charge in [-0.25, -0.2) is 4.39 Å². The summed E-state index contributed by atoms with van der Waals surface area (Å²) in [7, 11) is 0. The van der Waals surface area contributed by atoms with Gasteiger partial charge in [0.15, 0.2) is 0 Å². The van der Waals surface area contributed by atoms with Gasteiger partial charge in [0.2, 0.25) is 0 Å². The van der Waals surface area contributed by atoms with E-state index in [0.717, 1.165) is 31.5 Å². The second kappa shape index (κ2) is 5.67. The summed E-state index contributed by atoms with van der Waals surface area (Å²) in [5.74, 6) is 0.411. The first-order valence-corrected chi connectivity index (χ1v) is 8.84. The third-order valence-electron chi connectivity index (χ3n) is 4.35. The predicted molar refractivity (Wildman–Crippen MR) is 85.6 cm³/mol. The van der Waals surface area contributed by atoms with E-state index in [4.69, 9.17) is 4.74 Å². The standard InChI is InChI=1S/C16H23FN2O2S/c1-15(2,3)22(20)19-14-12-10-11(17)4-5-13(12)21-16(14)6-8-18-9-7-16/h4-5,10,14,18-19H,6-9H2,1-3H3/t14-,22?/m1/s1. The first-order chi connectivity index (χ1) is 10.3. The first kappa shape index (κ1) is 16.1. The molecule has 1 aromatic rings. The monoisotopic (exact) mass is 326 g/mol. The maximum Gasteiger partial charge on any atom is 0.136 e. The predicted octanol–water partition coefficient (Wildman–Crippen LogP) is 2.43. The second-order valence-electron chi connectivity index (χ2n) is 7.03. The highest BCUT2D eigenvalue weighted by Gasteiger charge is 2.52. The quantitative estimate of drug-likeness (QED) is 0.820. The molecule has 122 valence electrons. The van der Waals surface area contributed by atoms with Gasteiger partial charge in [-0.1, -0.05) is 0 Å². The van der Waals surface area contributed by atoms with Gasteiger partial charge in [0.25, 0.3) is 0 Å². The number of fused-ring (bicyclic) bond motifs is 1. The number of rotatable bonds is 2. The molecule has 2 atom stereocenters. The Kier molecular flexibility index (Phi) is 4.14. The molecule has 0 amide bonds. The highest BCUT2D eigenvalue weighted by atomic mass is 32.2. The van der Waals surface area contributed by atoms with E-state index in [-0.39, 0.29) is 16.6 Å². The van der Waals surface area contributed by atoms with Crippen LogP contribution < -0.4 is 14.8 Å². The van der Waals surface area contributed by atoms with Crippen LogP contribution in [0.1, 0.15) is 45.2 Å². The summed E-state index contributed by atoms with van der Waals surface area (Å²) >= 11 is -1.24. The van der Waals surface area contributed by atoms with Crippen LogP contribution in [0.4, 0.5) is 4.39 Å². The van der Waals surface area contributed by atoms with Crippen molar-refractivity contribution in [3.63, 3.8) is 0 Å². The van der Waals surface area contributed by atoms with Crippen LogP contribution in [0.3, 0.4) is 0 Å². The molecule has 2 heterocycles. The van der Waals surface area contributed by atoms with Gasteiger partial charge < -0.3 is 14.6 Å². The topological polar surface area (TPSA) is 56.3 Å². The van der Waals surface area contributed by atoms with E-state index in [2.05, 4.69) is 10.0 Å². The summed E-state index contributed by atoms with van der Waals surface area (Å²) in [6, 6.07) is 4.34. The minimum atomic E-state index is -1.24. The molecule has 0 bridgehead atoms. The zero-order valence-corrected chi connectivity index (χ0v) is 14.1. The summed E-state index contributed by atoms with van der Waals surface area (Å²) in [5, 5.41) is 3.32. The van der Waals surface area contributed by atoms with Crippen LogP contribution in [-0.4, -0.2) is 28.0 Å². The fraction of sp³-hybridized carbons (Fsp3) is 0.625. The fourth-order valence-corrected chi connectivity index (χ4v) is 4.00. The van der Waals surface area contributed by atoms with Gasteiger partial charge in [0.05, 0.1) is 0 Å². The molecular formula is C16H23FN2O2S. The van der Waals surface area contributed by atoms with Gasteiger partial charge >= 0.3 is 0 Å². The van der Waals surface area contributed by atoms with Crippen LogP contribution in [0, 0.1) is 5.82 Å². The number of hydrogen-bond acceptors (Lipinski definition) is 4. The normalized spacial score (nSPS) is 24.9. The molecule has 4 nitrogen and oxygen atoms in total. The third-order valence-corrected chi connectivity index (χ3v) is 5.92. The average molecular weight is 326 g/mol. The van der Waals surface area contributed by atoms with E-state index in [1.54, 1.807) is 6.07 Å². The van der Waals surface area contributed by atoms with Crippen molar-refractivity contribution in [3.8, 4) is 5.75 Å². The zero-order valence-electron chi connectivity index (χ0n) is 13.2. The molecule has 1 aromatic carbocycles. The Balaban J connectivity index is 1.95. The molecule has 1 saturated heterocycles. The number of ether oxygens (including phenoxy) is 1. The Morgan fingerprint density at radius 1 is 1.36 bits per heavy atom. The summed E-state index contributed by atoms with van der Waals surface area (Å²) in [6.07, 6.45) is 1.62. The van der Waals surface area contributed by atoms with Crippen LogP contribution in [-0.2, 0) is 11.4 Å². The highest BCUT2D eigenvalue weighted by molar-refractivity contribution is 7.90. The number of halogens is 1. The SMILES string of the molecule is CC(C)(C)[S+]([O-])N[C@@H]1c2cc(F)ccc2OC12CCNCC2. The molecule has 0 aliphatic carbocycles. The highest BCUT2D eigenvalue weighted by Crippen LogP contribution is 2.48. The summed E-state index contributed by atoms with van der Waals surface area (Å²) < 4.78 is 35.3. The molecule has 6 heteroatoms. The maximum atomic E-state index is 13.7. The van der Waals surface area contributed by atoms with Crippen molar-refractivity contribution in [2.45, 2.75) is 50.0 Å². The van der Waals surface area contributed by atoms with E-state index >= 15 is 0 Å². The lowest BCUT2D eigenvalue weighted by Gasteiger charge is -2.39. The molecule has 22 heavy (non-hydrogen) atoms. The maximum absolute atomic E-state index is 13.7. The van der Waals surface area contributed by atoms with Crippen LogP contribution in [0.5, 0.6) is 5.75 Å². The number of benzene rings is 1. The third kappa shape index (κ3) is 2.85. The summed E-state index contributed by atoms with van der Waals surface area (Å²) in [6.45, 7) is 7.46. The van der Waals surface area contributed by atoms with E-state index in [9.17, 15) is 8.94 Å². The van der Waals surface area contributed by atoms with Crippen LogP contribution in [0.15, 0.2) is 18.2 Å². The second-order valence-corrected chi connectivity index (χ2v) is 9.03. The molecule has 0 radical (unpaired) electrons. The Bertz CT molecular complexity index is 556. The van der Waals surface area contributed by atoms with Gasteiger partial charge in [0, 0.05) is 29.8 Å². The van der Waals surface area contributed by atoms with E-state index < -0.39 is 17.0 Å². The largest absolute Gasteiger partial charge is 0.598 e. The molecule has 1 fully saturated rings. The van der Waals surface area contributed by atoms with Gasteiger partial charge in [-0.05, 0) is 52.1 Å². The minimum absolute atomic E-state index is 0.250. The average Bonchev–Trinajstić information content (AvgIpc) is 2.72. The van der Waals surface area contributed by atoms with Crippen molar-refractivity contribution >= 4 is 11.4 Å². The van der Waals surface area contributed by atoms with Gasteiger partial charge in [-0.3, -0.25) is 0 Å². The fourth-order valence-electron chi connectivity index (χ4n) is 3.09. The van der Waals surface area contributed by atoms with Crippen molar-refractivity contribution in [1.29, 1.82) is 0 Å². The lowest BCUT2D eigenvalue weighted by atomic mass is 9.84. The molecular weight excluding hydrogens is 303 g/mol. The van der Waals surface area contributed by atoms with Gasteiger partial charge in [-0.2, -0.15) is 0 Å². The summed E-state index contributed by atoms with van der Waals surface area (Å²) in [5.41, 5.74) is 0.335. The number of nitrogens with one attached hydrogen (secondary N) is 2. The van der Waals surface area contributed by atoms with Crippen molar-refractivity contribution in [3.05, 3.63) is 29.6 Å². The molecule has 2 aliphatic heterocycles. The smallest absolute Gasteiger partial charge is 0.136 e. The number of hydrogen-bond donors (Lipinski definition) is 2. The zero-order chi connectivity index (χ0) is 16.0. The lowest BCUT2D eigenvalue weighted by molar-refractivity contribution is 0.0319. The Labute approximate surface area is 134 Å². The van der Waals surface area contributed by atoms with Crippen molar-refractivity contribution < 1.29 is 13.7 Å². The van der Waals surface area contributed by atoms with E-state index in [1.807, 2.05) is 20.8 Å². The van der Waals surface area contributed by atoms with Crippen molar-refractivity contribution in [2.75, 3.05) is 13.1 Å². The van der Waals surface area contributed by atoms with E-state index in [1.165, 1.54) is 12.1 Å². The van der Waals surface area contributed by atoms with Crippen LogP contribution in [0.2, 0.25) is 0 Å². The summed E-state index contributed by atoms with van der Waals surface area (Å²) in [4.78, 5) is 0. The molecule has 2 N–H and O–H groups in total. The lowest BCUT2D eigenvalue weighted by Crippen LogP contribution is -2.54. The van der Waals surface area contributed by atoms with Crippen LogP contribution in [0.25, 0.3) is 0 Å². The Morgan fingerprint density at radius 2 is 2.05 bits per heavy atom. The van der Waals surface area contributed by atoms with E-state index in [0.29, 0.717) is 5.75 Å². The van der Waals surface area contributed by atoms with Gasteiger partial charge in [-0.15, -0.1) is 4.72 Å². The Morgan fingerprint density at radius 3 is 2.68 bits per heavy atom. The van der Waals surface area contributed by atoms with Crippen LogP contribution >= 0.6 is 0 Å². The number of piperidine rings is 1.